The molecule has 0 saturated carbocycles. The number of nitrogens with one attached hydrogen (secondary N) is 3. The van der Waals surface area contributed by atoms with Gasteiger partial charge in [-0.1, -0.05) is 23.7 Å². The van der Waals surface area contributed by atoms with Crippen molar-refractivity contribution in [1.82, 2.24) is 73.1 Å². The van der Waals surface area contributed by atoms with E-state index in [1.165, 1.54) is 5.56 Å². The van der Waals surface area contributed by atoms with Crippen molar-refractivity contribution in [2.24, 2.45) is 14.1 Å². The van der Waals surface area contributed by atoms with E-state index in [9.17, 15) is 14.7 Å². The van der Waals surface area contributed by atoms with Gasteiger partial charge in [0.15, 0.2) is 0 Å². The van der Waals surface area contributed by atoms with Gasteiger partial charge in [0.1, 0.15) is 22.8 Å². The maximum Gasteiger partial charge on any atom is 0.250 e. The molecule has 0 aromatic carbocycles. The highest BCUT2D eigenvalue weighted by Crippen LogP contribution is 2.41. The molecule has 4 fully saturated rings. The molecule has 0 spiro atoms. The predicted octanol–water partition coefficient (Wildman–Crippen LogP) is 10.5. The standard InChI is InChI=1S/C70H73ClN16O3/c1-41-10-9-20-72-68(41)53-13-6-11-51(75-53)58-39-86-61(44-17-18-66(89)83(5)37-44)29-45(30-64(86)80-58)47-26-42(2)69(73-35-47)54-14-7-12-52(76-54)57-38-85-60(43-19-21-82(4)67(90)32-43)28-46(31-63(85)79-57)48-27-50(71)70(74-36-48)56-34-49(88)33-55(77-56)59-40-87-62(78-59)15-8-16-65(87)84-24-22-81(3)23-25-84/h8-10,15-21,26-32,35-40,49,51-56,75-77,88H,6-7,11-14,22-25,33-34H2,1-5H3/t49-,51+,52+,53-,54-,55+,56-/m0/s1. The summed E-state index contributed by atoms with van der Waals surface area (Å²) in [5.74, 6) is 1.12. The monoisotopic (exact) mass is 1220 g/mol. The summed E-state index contributed by atoms with van der Waals surface area (Å²) in [7, 11) is 5.70. The number of halogens is 1. The Morgan fingerprint density at radius 1 is 0.500 bits per heavy atom. The lowest BCUT2D eigenvalue weighted by Crippen LogP contribution is -2.45. The van der Waals surface area contributed by atoms with Crippen LogP contribution in [0.4, 0.5) is 5.82 Å². The third-order valence-electron chi connectivity index (χ3n) is 19.2. The SMILES string of the molecule is Cc1cccnc1[C@@H]1CCC[C@H](c2cn3c(-c4ccc(=O)n(C)c4)cc(-c4cnc([C@@H]5CCC[C@H](c6cn7c(-c8ccn(C)c(=O)c8)cc(-c8cnc([C@@H]9C[C@@H](O)C[C@H](c%10cn%11c(N%12CCN(C)CC%12)cccc%11n%10)N9)c(Cl)c8)cc7n6)N5)c(C)c4)cc3n2)N1. The van der Waals surface area contributed by atoms with E-state index in [1.54, 1.807) is 41.6 Å². The molecule has 19 nitrogen and oxygen atoms in total. The largest absolute Gasteiger partial charge is 0.393 e. The molecule has 4 saturated heterocycles. The summed E-state index contributed by atoms with van der Waals surface area (Å²) >= 11 is 7.27. The zero-order valence-corrected chi connectivity index (χ0v) is 52.0. The Kier molecular flexibility index (Phi) is 15.1. The van der Waals surface area contributed by atoms with Crippen LogP contribution in [0.15, 0.2) is 150 Å². The molecule has 0 aliphatic carbocycles. The molecule has 20 heteroatoms. The summed E-state index contributed by atoms with van der Waals surface area (Å²) in [4.78, 5) is 61.4. The minimum Gasteiger partial charge on any atom is -0.393 e. The third kappa shape index (κ3) is 11.0. The number of piperidine rings is 3. The van der Waals surface area contributed by atoms with Crippen molar-refractivity contribution in [2.75, 3.05) is 38.1 Å². The minimum atomic E-state index is -0.588. The van der Waals surface area contributed by atoms with Crippen molar-refractivity contribution < 1.29 is 5.11 Å². The number of piperazine rings is 1. The van der Waals surface area contributed by atoms with Crippen LogP contribution in [0.3, 0.4) is 0 Å². The molecule has 7 atom stereocenters. The van der Waals surface area contributed by atoms with Crippen LogP contribution in [0.25, 0.3) is 61.7 Å². The van der Waals surface area contributed by atoms with Crippen molar-refractivity contribution in [3.63, 3.8) is 0 Å². The lowest BCUT2D eigenvalue weighted by molar-refractivity contribution is 0.0915. The van der Waals surface area contributed by atoms with Gasteiger partial charge in [0, 0.05) is 124 Å². The molecule has 4 aliphatic rings. The number of hydrogen-bond donors (Lipinski definition) is 4. The molecule has 90 heavy (non-hydrogen) atoms. The Morgan fingerprint density at radius 3 is 1.76 bits per heavy atom. The third-order valence-corrected chi connectivity index (χ3v) is 19.5. The smallest absolute Gasteiger partial charge is 0.250 e. The molecule has 458 valence electrons. The Morgan fingerprint density at radius 2 is 1.10 bits per heavy atom. The number of pyridine rings is 8. The normalized spacial score (nSPS) is 21.9. The zero-order valence-electron chi connectivity index (χ0n) is 51.3. The number of fused-ring (bicyclic) bond motifs is 3. The number of aliphatic hydroxyl groups excluding tert-OH is 1. The second-order valence-electron chi connectivity index (χ2n) is 25.4. The lowest BCUT2D eigenvalue weighted by atomic mass is 9.92. The number of rotatable bonds is 11. The van der Waals surface area contributed by atoms with Gasteiger partial charge in [-0.05, 0) is 161 Å². The van der Waals surface area contributed by atoms with Gasteiger partial charge in [-0.15, -0.1) is 0 Å². The summed E-state index contributed by atoms with van der Waals surface area (Å²) in [5.41, 5.74) is 16.9. The Labute approximate surface area is 526 Å². The number of aryl methyl sites for hydroxylation is 4. The van der Waals surface area contributed by atoms with E-state index in [1.807, 2.05) is 55.1 Å². The van der Waals surface area contributed by atoms with Gasteiger partial charge >= 0.3 is 0 Å². The Balaban J connectivity index is 0.702. The number of aromatic nitrogens is 11. The molecule has 0 unspecified atom stereocenters. The highest BCUT2D eigenvalue weighted by atomic mass is 35.5. The topological polar surface area (TPSA) is 197 Å². The van der Waals surface area contributed by atoms with Crippen molar-refractivity contribution in [2.45, 2.75) is 108 Å². The van der Waals surface area contributed by atoms with Crippen LogP contribution < -0.4 is 32.0 Å². The molecule has 11 aromatic heterocycles. The highest BCUT2D eigenvalue weighted by Gasteiger charge is 2.34. The first-order valence-electron chi connectivity index (χ1n) is 31.5. The summed E-state index contributed by atoms with van der Waals surface area (Å²) in [6.45, 7) is 8.16. The van der Waals surface area contributed by atoms with Gasteiger partial charge in [-0.3, -0.25) is 37.7 Å². The molecule has 4 N–H and O–H groups in total. The van der Waals surface area contributed by atoms with E-state index >= 15 is 0 Å². The number of hydrogen-bond acceptors (Lipinski definition) is 14. The summed E-state index contributed by atoms with van der Waals surface area (Å²) in [6.07, 6.45) is 21.9. The Hall–Kier alpha value is -8.69. The fourth-order valence-corrected chi connectivity index (χ4v) is 14.6. The molecule has 4 aliphatic heterocycles. The predicted molar refractivity (Wildman–Crippen MR) is 351 cm³/mol. The van der Waals surface area contributed by atoms with E-state index in [-0.39, 0.29) is 47.4 Å². The number of nitrogens with zero attached hydrogens (tertiary/aromatic N) is 13. The van der Waals surface area contributed by atoms with Crippen LogP contribution in [-0.2, 0) is 14.1 Å². The molecule has 15 heterocycles. The van der Waals surface area contributed by atoms with Gasteiger partial charge in [0.05, 0.1) is 92.9 Å². The fraction of sp³-hybridized carbons (Fsp3) is 0.343. The summed E-state index contributed by atoms with van der Waals surface area (Å²) in [5, 5.41) is 23.5. The van der Waals surface area contributed by atoms with Crippen LogP contribution in [0, 0.1) is 13.8 Å². The number of anilines is 1. The van der Waals surface area contributed by atoms with Crippen molar-refractivity contribution in [3.05, 3.63) is 212 Å². The van der Waals surface area contributed by atoms with Crippen molar-refractivity contribution in [3.8, 4) is 44.8 Å². The first-order chi connectivity index (χ1) is 43.7. The van der Waals surface area contributed by atoms with Crippen LogP contribution in [0.1, 0.15) is 133 Å². The number of aliphatic hydroxyl groups is 1. The molecule has 0 amide bonds. The van der Waals surface area contributed by atoms with Gasteiger partial charge < -0.3 is 40.0 Å². The average Bonchev–Trinajstić information content (AvgIpc) is 1.63. The first-order valence-corrected chi connectivity index (χ1v) is 31.9. The molecule has 0 radical (unpaired) electrons. The van der Waals surface area contributed by atoms with E-state index < -0.39 is 6.10 Å². The van der Waals surface area contributed by atoms with Crippen molar-refractivity contribution >= 4 is 34.4 Å². The number of likely N-dealkylation sites (N-methyl/N-ethyl adjacent to an activating group) is 1. The van der Waals surface area contributed by atoms with E-state index in [4.69, 9.17) is 41.5 Å². The van der Waals surface area contributed by atoms with E-state index in [0.29, 0.717) is 23.6 Å². The first kappa shape index (κ1) is 57.7. The quantitative estimate of drug-likeness (QED) is 0.0954. The molecular weight excluding hydrogens is 1150 g/mol. The van der Waals surface area contributed by atoms with E-state index in [0.717, 1.165) is 166 Å². The lowest BCUT2D eigenvalue weighted by Gasteiger charge is -2.34. The van der Waals surface area contributed by atoms with Gasteiger partial charge in [-0.25, -0.2) is 15.0 Å². The highest BCUT2D eigenvalue weighted by molar-refractivity contribution is 6.31. The van der Waals surface area contributed by atoms with Crippen LogP contribution in [0.2, 0.25) is 5.02 Å². The molecular formula is C70H73ClN16O3. The Bertz CT molecular complexity index is 4690. The van der Waals surface area contributed by atoms with Gasteiger partial charge in [0.25, 0.3) is 5.56 Å². The molecule has 11 aromatic rings. The van der Waals surface area contributed by atoms with E-state index in [2.05, 4.69) is 127 Å². The van der Waals surface area contributed by atoms with Crippen LogP contribution >= 0.6 is 11.6 Å². The molecule has 15 rings (SSSR count). The average molecular weight is 1220 g/mol. The van der Waals surface area contributed by atoms with Crippen LogP contribution in [0.5, 0.6) is 0 Å². The maximum absolute atomic E-state index is 13.3. The minimum absolute atomic E-state index is 0.0312. The second kappa shape index (κ2) is 23.6. The fourth-order valence-electron chi connectivity index (χ4n) is 14.3. The molecule has 0 bridgehead atoms. The van der Waals surface area contributed by atoms with Crippen LogP contribution in [-0.4, -0.2) is 102 Å². The zero-order chi connectivity index (χ0) is 61.5. The van der Waals surface area contributed by atoms with Gasteiger partial charge in [0.2, 0.25) is 5.56 Å². The maximum atomic E-state index is 13.3. The summed E-state index contributed by atoms with van der Waals surface area (Å²) in [6, 6.07) is 29.7. The van der Waals surface area contributed by atoms with Gasteiger partial charge in [-0.2, -0.15) is 0 Å². The summed E-state index contributed by atoms with van der Waals surface area (Å²) < 4.78 is 9.59. The second-order valence-corrected chi connectivity index (χ2v) is 25.8. The van der Waals surface area contributed by atoms with Crippen molar-refractivity contribution in [1.29, 1.82) is 0 Å². The number of imidazole rings is 3.